The SMILES string of the molecule is CCCCN(CCC(N)=O)C(=O)Nc1cccc(F)c1. The fraction of sp³-hybridized carbons (Fsp3) is 0.429. The maximum Gasteiger partial charge on any atom is 0.321 e. The summed E-state index contributed by atoms with van der Waals surface area (Å²) in [6, 6.07) is 5.31. The Bertz CT molecular complexity index is 465. The minimum Gasteiger partial charge on any atom is -0.370 e. The maximum absolute atomic E-state index is 13.0. The van der Waals surface area contributed by atoms with Crippen molar-refractivity contribution in [1.82, 2.24) is 4.90 Å². The number of anilines is 1. The van der Waals surface area contributed by atoms with Gasteiger partial charge in [0.1, 0.15) is 5.82 Å². The summed E-state index contributed by atoms with van der Waals surface area (Å²) in [4.78, 5) is 24.4. The van der Waals surface area contributed by atoms with Gasteiger partial charge in [0, 0.05) is 25.2 Å². The molecule has 5 nitrogen and oxygen atoms in total. The normalized spacial score (nSPS) is 10.1. The number of urea groups is 1. The van der Waals surface area contributed by atoms with E-state index in [0.717, 1.165) is 12.8 Å². The summed E-state index contributed by atoms with van der Waals surface area (Å²) in [6.45, 7) is 2.80. The van der Waals surface area contributed by atoms with Gasteiger partial charge in [-0.05, 0) is 24.6 Å². The van der Waals surface area contributed by atoms with Gasteiger partial charge in [0.25, 0.3) is 0 Å². The standard InChI is InChI=1S/C14H20FN3O2/c1-2-3-8-18(9-7-13(16)19)14(20)17-12-6-4-5-11(15)10-12/h4-6,10H,2-3,7-9H2,1H3,(H2,16,19)(H,17,20). The highest BCUT2D eigenvalue weighted by atomic mass is 19.1. The lowest BCUT2D eigenvalue weighted by Gasteiger charge is -2.22. The molecule has 0 radical (unpaired) electrons. The van der Waals surface area contributed by atoms with Crippen LogP contribution in [-0.4, -0.2) is 29.9 Å². The summed E-state index contributed by atoms with van der Waals surface area (Å²) in [5.41, 5.74) is 5.48. The van der Waals surface area contributed by atoms with Crippen LogP contribution in [0.1, 0.15) is 26.2 Å². The van der Waals surface area contributed by atoms with Crippen LogP contribution >= 0.6 is 0 Å². The molecule has 0 unspecified atom stereocenters. The van der Waals surface area contributed by atoms with E-state index in [0.29, 0.717) is 12.2 Å². The summed E-state index contributed by atoms with van der Waals surface area (Å²) in [5.74, 6) is -0.870. The molecule has 0 atom stereocenters. The predicted octanol–water partition coefficient (Wildman–Crippen LogP) is 2.34. The predicted molar refractivity (Wildman–Crippen MR) is 75.7 cm³/mol. The molecule has 3 amide bonds. The third-order valence-corrected chi connectivity index (χ3v) is 2.77. The summed E-state index contributed by atoms with van der Waals surface area (Å²) >= 11 is 0. The van der Waals surface area contributed by atoms with Crippen molar-refractivity contribution >= 4 is 17.6 Å². The van der Waals surface area contributed by atoms with Crippen LogP contribution in [0.15, 0.2) is 24.3 Å². The number of nitrogens with zero attached hydrogens (tertiary/aromatic N) is 1. The number of rotatable bonds is 7. The average molecular weight is 281 g/mol. The molecule has 3 N–H and O–H groups in total. The van der Waals surface area contributed by atoms with Crippen molar-refractivity contribution in [2.45, 2.75) is 26.2 Å². The number of nitrogens with two attached hydrogens (primary N) is 1. The van der Waals surface area contributed by atoms with Gasteiger partial charge in [-0.25, -0.2) is 9.18 Å². The molecule has 110 valence electrons. The van der Waals surface area contributed by atoms with Crippen molar-refractivity contribution in [2.24, 2.45) is 5.73 Å². The van der Waals surface area contributed by atoms with Gasteiger partial charge in [-0.15, -0.1) is 0 Å². The van der Waals surface area contributed by atoms with Gasteiger partial charge in [0.05, 0.1) is 0 Å². The summed E-state index contributed by atoms with van der Waals surface area (Å²) < 4.78 is 13.0. The second-order valence-electron chi connectivity index (χ2n) is 4.50. The zero-order valence-corrected chi connectivity index (χ0v) is 11.6. The van der Waals surface area contributed by atoms with Crippen molar-refractivity contribution in [3.05, 3.63) is 30.1 Å². The van der Waals surface area contributed by atoms with Crippen LogP contribution < -0.4 is 11.1 Å². The maximum atomic E-state index is 13.0. The third-order valence-electron chi connectivity index (χ3n) is 2.77. The van der Waals surface area contributed by atoms with Gasteiger partial charge >= 0.3 is 6.03 Å². The second kappa shape index (κ2) is 8.14. The molecule has 0 aliphatic heterocycles. The van der Waals surface area contributed by atoms with E-state index in [9.17, 15) is 14.0 Å². The first-order valence-corrected chi connectivity index (χ1v) is 6.62. The Morgan fingerprint density at radius 1 is 1.35 bits per heavy atom. The molecule has 6 heteroatoms. The number of nitrogens with one attached hydrogen (secondary N) is 1. The van der Waals surface area contributed by atoms with Crippen LogP contribution in [0.5, 0.6) is 0 Å². The largest absolute Gasteiger partial charge is 0.370 e. The first kappa shape index (κ1) is 15.9. The smallest absolute Gasteiger partial charge is 0.321 e. The highest BCUT2D eigenvalue weighted by Gasteiger charge is 2.14. The van der Waals surface area contributed by atoms with E-state index >= 15 is 0 Å². The molecule has 0 aliphatic carbocycles. The molecule has 0 spiro atoms. The molecular formula is C14H20FN3O2. The Morgan fingerprint density at radius 3 is 2.70 bits per heavy atom. The molecule has 0 saturated heterocycles. The number of benzene rings is 1. The zero-order valence-electron chi connectivity index (χ0n) is 11.6. The number of hydrogen-bond acceptors (Lipinski definition) is 2. The van der Waals surface area contributed by atoms with Crippen molar-refractivity contribution in [3.8, 4) is 0 Å². The Hall–Kier alpha value is -2.11. The fourth-order valence-corrected chi connectivity index (χ4v) is 1.68. The van der Waals surface area contributed by atoms with Crippen LogP contribution in [0.4, 0.5) is 14.9 Å². The lowest BCUT2D eigenvalue weighted by Crippen LogP contribution is -2.38. The molecule has 20 heavy (non-hydrogen) atoms. The Balaban J connectivity index is 2.63. The van der Waals surface area contributed by atoms with Crippen LogP contribution in [0.2, 0.25) is 0 Å². The lowest BCUT2D eigenvalue weighted by atomic mass is 10.3. The number of amides is 3. The molecule has 0 aromatic heterocycles. The molecule has 0 aliphatic rings. The monoisotopic (exact) mass is 281 g/mol. The third kappa shape index (κ3) is 5.69. The van der Waals surface area contributed by atoms with E-state index in [-0.39, 0.29) is 19.0 Å². The molecule has 0 saturated carbocycles. The van der Waals surface area contributed by atoms with E-state index in [4.69, 9.17) is 5.73 Å². The quantitative estimate of drug-likeness (QED) is 0.805. The number of primary amides is 1. The topological polar surface area (TPSA) is 75.4 Å². The number of carbonyl (C=O) groups is 2. The van der Waals surface area contributed by atoms with Gasteiger partial charge in [-0.1, -0.05) is 19.4 Å². The number of hydrogen-bond donors (Lipinski definition) is 2. The van der Waals surface area contributed by atoms with Gasteiger partial charge < -0.3 is 16.0 Å². The second-order valence-corrected chi connectivity index (χ2v) is 4.50. The molecule has 1 aromatic rings. The molecule has 1 rings (SSSR count). The van der Waals surface area contributed by atoms with Crippen molar-refractivity contribution < 1.29 is 14.0 Å². The Morgan fingerprint density at radius 2 is 2.10 bits per heavy atom. The van der Waals surface area contributed by atoms with E-state index in [1.54, 1.807) is 6.07 Å². The van der Waals surface area contributed by atoms with Crippen molar-refractivity contribution in [1.29, 1.82) is 0 Å². The lowest BCUT2D eigenvalue weighted by molar-refractivity contribution is -0.118. The average Bonchev–Trinajstić information content (AvgIpc) is 2.38. The van der Waals surface area contributed by atoms with E-state index in [1.165, 1.54) is 23.1 Å². The summed E-state index contributed by atoms with van der Waals surface area (Å²) in [5, 5.41) is 2.61. The van der Waals surface area contributed by atoms with E-state index in [1.807, 2.05) is 6.92 Å². The van der Waals surface area contributed by atoms with E-state index in [2.05, 4.69) is 5.32 Å². The Labute approximate surface area is 117 Å². The van der Waals surface area contributed by atoms with E-state index < -0.39 is 11.7 Å². The molecular weight excluding hydrogens is 261 g/mol. The molecule has 0 heterocycles. The Kier molecular flexibility index (Phi) is 6.49. The molecule has 1 aromatic carbocycles. The van der Waals surface area contributed by atoms with Crippen LogP contribution in [0, 0.1) is 5.82 Å². The molecule has 0 fully saturated rings. The zero-order chi connectivity index (χ0) is 15.0. The molecule has 0 bridgehead atoms. The highest BCUT2D eigenvalue weighted by molar-refractivity contribution is 5.89. The number of carbonyl (C=O) groups excluding carboxylic acids is 2. The van der Waals surface area contributed by atoms with Crippen LogP contribution in [-0.2, 0) is 4.79 Å². The van der Waals surface area contributed by atoms with Crippen LogP contribution in [0.25, 0.3) is 0 Å². The minimum atomic E-state index is -0.454. The number of unbranched alkanes of at least 4 members (excludes halogenated alkanes) is 1. The first-order valence-electron chi connectivity index (χ1n) is 6.62. The fourth-order valence-electron chi connectivity index (χ4n) is 1.68. The van der Waals surface area contributed by atoms with Gasteiger partial charge in [-0.3, -0.25) is 4.79 Å². The van der Waals surface area contributed by atoms with Crippen LogP contribution in [0.3, 0.4) is 0 Å². The van der Waals surface area contributed by atoms with Gasteiger partial charge in [-0.2, -0.15) is 0 Å². The highest BCUT2D eigenvalue weighted by Crippen LogP contribution is 2.10. The van der Waals surface area contributed by atoms with Gasteiger partial charge in [0.2, 0.25) is 5.91 Å². The minimum absolute atomic E-state index is 0.111. The summed E-state index contributed by atoms with van der Waals surface area (Å²) in [7, 11) is 0. The van der Waals surface area contributed by atoms with Gasteiger partial charge in [0.15, 0.2) is 0 Å². The first-order chi connectivity index (χ1) is 9.52. The van der Waals surface area contributed by atoms with Crippen molar-refractivity contribution in [2.75, 3.05) is 18.4 Å². The summed E-state index contributed by atoms with van der Waals surface area (Å²) in [6.07, 6.45) is 1.87. The van der Waals surface area contributed by atoms with Crippen molar-refractivity contribution in [3.63, 3.8) is 0 Å². The number of halogens is 1.